The van der Waals surface area contributed by atoms with Crippen LogP contribution in [0, 0.1) is 12.7 Å². The van der Waals surface area contributed by atoms with Crippen molar-refractivity contribution in [3.05, 3.63) is 48.0 Å². The Balaban J connectivity index is 2.54. The van der Waals surface area contributed by atoms with Crippen molar-refractivity contribution < 1.29 is 9.50 Å². The van der Waals surface area contributed by atoms with Gasteiger partial charge in [0.1, 0.15) is 11.6 Å². The highest BCUT2D eigenvalue weighted by atomic mass is 19.1. The molecule has 1 aromatic carbocycles. The van der Waals surface area contributed by atoms with E-state index in [0.29, 0.717) is 5.56 Å². The van der Waals surface area contributed by atoms with Crippen molar-refractivity contribution in [3.63, 3.8) is 0 Å². The molecule has 2 nitrogen and oxygen atoms in total. The Kier molecular flexibility index (Phi) is 2.37. The number of hydrogen-bond acceptors (Lipinski definition) is 2. The van der Waals surface area contributed by atoms with Crippen molar-refractivity contribution in [1.29, 1.82) is 0 Å². The molecule has 3 heteroatoms. The van der Waals surface area contributed by atoms with Crippen LogP contribution in [0.25, 0.3) is 11.1 Å². The molecule has 0 atom stereocenters. The summed E-state index contributed by atoms with van der Waals surface area (Å²) in [7, 11) is 0. The van der Waals surface area contributed by atoms with Crippen molar-refractivity contribution in [2.24, 2.45) is 0 Å². The molecule has 0 fully saturated rings. The Morgan fingerprint density at radius 1 is 1.07 bits per heavy atom. The van der Waals surface area contributed by atoms with Gasteiger partial charge in [0, 0.05) is 24.0 Å². The zero-order valence-corrected chi connectivity index (χ0v) is 8.24. The maximum Gasteiger partial charge on any atom is 0.127 e. The van der Waals surface area contributed by atoms with Crippen molar-refractivity contribution in [1.82, 2.24) is 4.98 Å². The van der Waals surface area contributed by atoms with Gasteiger partial charge < -0.3 is 5.11 Å². The highest BCUT2D eigenvalue weighted by Gasteiger charge is 2.02. The number of rotatable bonds is 1. The molecule has 0 bridgehead atoms. The molecular formula is C12H10FNO. The number of benzene rings is 1. The Bertz CT molecular complexity index is 476. The molecule has 15 heavy (non-hydrogen) atoms. The average Bonchev–Trinajstić information content (AvgIpc) is 2.16. The first-order valence-electron chi connectivity index (χ1n) is 4.57. The molecule has 0 aliphatic carbocycles. The van der Waals surface area contributed by atoms with E-state index >= 15 is 0 Å². The number of aromatic nitrogens is 1. The standard InChI is InChI=1S/C12H10FNO/c1-8-2-10(7-14-6-8)9-3-11(13)5-12(15)4-9/h2-7,15H,1H3. The predicted octanol–water partition coefficient (Wildman–Crippen LogP) is 2.90. The second-order valence-corrected chi connectivity index (χ2v) is 3.45. The van der Waals surface area contributed by atoms with Crippen LogP contribution in [0.4, 0.5) is 4.39 Å². The van der Waals surface area contributed by atoms with Gasteiger partial charge in [0.15, 0.2) is 0 Å². The third kappa shape index (κ3) is 2.13. The Labute approximate surface area is 87.0 Å². The fraction of sp³-hybridized carbons (Fsp3) is 0.0833. The molecule has 1 aromatic heterocycles. The number of phenols is 1. The van der Waals surface area contributed by atoms with Crippen molar-refractivity contribution in [2.75, 3.05) is 0 Å². The van der Waals surface area contributed by atoms with E-state index in [0.717, 1.165) is 17.2 Å². The molecule has 2 rings (SSSR count). The number of hydrogen-bond donors (Lipinski definition) is 1. The molecule has 1 heterocycles. The summed E-state index contributed by atoms with van der Waals surface area (Å²) in [5, 5.41) is 9.26. The van der Waals surface area contributed by atoms with Crippen LogP contribution in [-0.4, -0.2) is 10.1 Å². The average molecular weight is 203 g/mol. The van der Waals surface area contributed by atoms with Crippen molar-refractivity contribution in [2.45, 2.75) is 6.92 Å². The summed E-state index contributed by atoms with van der Waals surface area (Å²) in [6.45, 7) is 1.91. The minimum absolute atomic E-state index is 0.0773. The minimum Gasteiger partial charge on any atom is -0.508 e. The highest BCUT2D eigenvalue weighted by molar-refractivity contribution is 5.64. The Morgan fingerprint density at radius 2 is 1.87 bits per heavy atom. The number of aryl methyl sites for hydroxylation is 1. The SMILES string of the molecule is Cc1cncc(-c2cc(O)cc(F)c2)c1. The Hall–Kier alpha value is -1.90. The summed E-state index contributed by atoms with van der Waals surface area (Å²) in [5.74, 6) is -0.530. The fourth-order valence-electron chi connectivity index (χ4n) is 1.45. The van der Waals surface area contributed by atoms with Crippen LogP contribution >= 0.6 is 0 Å². The molecule has 0 aliphatic rings. The number of nitrogens with zero attached hydrogens (tertiary/aromatic N) is 1. The van der Waals surface area contributed by atoms with Gasteiger partial charge in [-0.15, -0.1) is 0 Å². The van der Waals surface area contributed by atoms with Crippen LogP contribution in [0.15, 0.2) is 36.7 Å². The van der Waals surface area contributed by atoms with E-state index in [9.17, 15) is 9.50 Å². The van der Waals surface area contributed by atoms with E-state index in [2.05, 4.69) is 4.98 Å². The summed E-state index contributed by atoms with van der Waals surface area (Å²) < 4.78 is 13.0. The van der Waals surface area contributed by atoms with E-state index in [1.54, 1.807) is 12.4 Å². The highest BCUT2D eigenvalue weighted by Crippen LogP contribution is 2.24. The van der Waals surface area contributed by atoms with Gasteiger partial charge in [-0.05, 0) is 36.2 Å². The zero-order valence-electron chi connectivity index (χ0n) is 8.24. The van der Waals surface area contributed by atoms with Crippen LogP contribution in [-0.2, 0) is 0 Å². The fourth-order valence-corrected chi connectivity index (χ4v) is 1.45. The number of phenolic OH excluding ortho intramolecular Hbond substituents is 1. The molecule has 0 aliphatic heterocycles. The maximum atomic E-state index is 13.0. The van der Waals surface area contributed by atoms with E-state index in [4.69, 9.17) is 0 Å². The van der Waals surface area contributed by atoms with Crippen LogP contribution in [0.5, 0.6) is 5.75 Å². The molecule has 76 valence electrons. The first kappa shape index (κ1) is 9.65. The molecule has 2 aromatic rings. The second-order valence-electron chi connectivity index (χ2n) is 3.45. The third-order valence-corrected chi connectivity index (χ3v) is 2.09. The quantitative estimate of drug-likeness (QED) is 0.773. The summed E-state index contributed by atoms with van der Waals surface area (Å²) in [4.78, 5) is 4.02. The summed E-state index contributed by atoms with van der Waals surface area (Å²) in [6.07, 6.45) is 3.36. The van der Waals surface area contributed by atoms with Gasteiger partial charge in [0.2, 0.25) is 0 Å². The predicted molar refractivity (Wildman–Crippen MR) is 56.0 cm³/mol. The Morgan fingerprint density at radius 3 is 2.53 bits per heavy atom. The van der Waals surface area contributed by atoms with E-state index in [1.165, 1.54) is 12.1 Å². The lowest BCUT2D eigenvalue weighted by atomic mass is 10.1. The second kappa shape index (κ2) is 3.69. The molecule has 0 saturated heterocycles. The number of pyridine rings is 1. The van der Waals surface area contributed by atoms with Gasteiger partial charge in [0.25, 0.3) is 0 Å². The maximum absolute atomic E-state index is 13.0. The lowest BCUT2D eigenvalue weighted by Crippen LogP contribution is -1.84. The van der Waals surface area contributed by atoms with Crippen LogP contribution in [0.2, 0.25) is 0 Å². The summed E-state index contributed by atoms with van der Waals surface area (Å²) >= 11 is 0. The normalized spacial score (nSPS) is 10.3. The van der Waals surface area contributed by atoms with Crippen LogP contribution in [0.3, 0.4) is 0 Å². The minimum atomic E-state index is -0.452. The van der Waals surface area contributed by atoms with Gasteiger partial charge in [-0.2, -0.15) is 0 Å². The third-order valence-electron chi connectivity index (χ3n) is 2.09. The van der Waals surface area contributed by atoms with Crippen LogP contribution in [0.1, 0.15) is 5.56 Å². The van der Waals surface area contributed by atoms with E-state index in [1.807, 2.05) is 13.0 Å². The van der Waals surface area contributed by atoms with Gasteiger partial charge >= 0.3 is 0 Å². The lowest BCUT2D eigenvalue weighted by Gasteiger charge is -2.03. The smallest absolute Gasteiger partial charge is 0.127 e. The molecule has 0 radical (unpaired) electrons. The van der Waals surface area contributed by atoms with Crippen molar-refractivity contribution in [3.8, 4) is 16.9 Å². The molecule has 0 amide bonds. The zero-order chi connectivity index (χ0) is 10.8. The van der Waals surface area contributed by atoms with E-state index in [-0.39, 0.29) is 5.75 Å². The monoisotopic (exact) mass is 203 g/mol. The van der Waals surface area contributed by atoms with Gasteiger partial charge in [-0.25, -0.2) is 4.39 Å². The molecular weight excluding hydrogens is 193 g/mol. The molecule has 0 spiro atoms. The number of halogens is 1. The molecule has 1 N–H and O–H groups in total. The van der Waals surface area contributed by atoms with Gasteiger partial charge in [-0.3, -0.25) is 4.98 Å². The first-order chi connectivity index (χ1) is 7.15. The van der Waals surface area contributed by atoms with Crippen LogP contribution < -0.4 is 0 Å². The summed E-state index contributed by atoms with van der Waals surface area (Å²) in [6, 6.07) is 5.85. The largest absolute Gasteiger partial charge is 0.508 e. The van der Waals surface area contributed by atoms with Gasteiger partial charge in [0.05, 0.1) is 0 Å². The van der Waals surface area contributed by atoms with Gasteiger partial charge in [-0.1, -0.05) is 0 Å². The molecule has 0 saturated carbocycles. The lowest BCUT2D eigenvalue weighted by molar-refractivity contribution is 0.469. The topological polar surface area (TPSA) is 33.1 Å². The van der Waals surface area contributed by atoms with E-state index < -0.39 is 5.82 Å². The first-order valence-corrected chi connectivity index (χ1v) is 4.57. The summed E-state index contributed by atoms with van der Waals surface area (Å²) in [5.41, 5.74) is 2.42. The number of aromatic hydroxyl groups is 1. The molecule has 0 unspecified atom stereocenters. The van der Waals surface area contributed by atoms with Crippen molar-refractivity contribution >= 4 is 0 Å².